The highest BCUT2D eigenvalue weighted by molar-refractivity contribution is 5.48. The molecule has 2 aromatic heterocycles. The third kappa shape index (κ3) is 2.84. The number of β-amino-alcohol motifs (C(OH)–C–C–N with tert-alkyl or cyclic N) is 1. The van der Waals surface area contributed by atoms with Crippen molar-refractivity contribution in [2.75, 3.05) is 31.1 Å². The van der Waals surface area contributed by atoms with Crippen molar-refractivity contribution in [3.63, 3.8) is 0 Å². The van der Waals surface area contributed by atoms with Crippen LogP contribution in [0.25, 0.3) is 5.78 Å². The van der Waals surface area contributed by atoms with Gasteiger partial charge in [0.1, 0.15) is 12.1 Å². The van der Waals surface area contributed by atoms with Crippen LogP contribution in [0.5, 0.6) is 0 Å². The van der Waals surface area contributed by atoms with Crippen molar-refractivity contribution in [3.05, 3.63) is 18.1 Å². The topological polar surface area (TPSA) is 69.8 Å². The van der Waals surface area contributed by atoms with Gasteiger partial charge < -0.3 is 10.0 Å². The first kappa shape index (κ1) is 14.2. The van der Waals surface area contributed by atoms with Crippen molar-refractivity contribution in [2.24, 2.45) is 0 Å². The molecule has 0 bridgehead atoms. The van der Waals surface area contributed by atoms with Gasteiger partial charge in [-0.2, -0.15) is 14.6 Å². The van der Waals surface area contributed by atoms with Gasteiger partial charge in [-0.25, -0.2) is 4.98 Å². The highest BCUT2D eigenvalue weighted by Crippen LogP contribution is 2.21. The van der Waals surface area contributed by atoms with Gasteiger partial charge in [-0.1, -0.05) is 0 Å². The molecule has 0 aromatic carbocycles. The van der Waals surface area contributed by atoms with Crippen molar-refractivity contribution in [3.8, 4) is 0 Å². The Bertz CT molecular complexity index is 625. The van der Waals surface area contributed by atoms with Gasteiger partial charge in [0.15, 0.2) is 0 Å². The Morgan fingerprint density at radius 2 is 2.24 bits per heavy atom. The third-order valence-corrected chi connectivity index (χ3v) is 3.89. The molecule has 3 heterocycles. The summed E-state index contributed by atoms with van der Waals surface area (Å²) in [6.07, 6.45) is 1.26. The summed E-state index contributed by atoms with van der Waals surface area (Å²) >= 11 is 0. The highest BCUT2D eigenvalue weighted by Gasteiger charge is 2.26. The fourth-order valence-corrected chi connectivity index (χ4v) is 3.03. The molecule has 3 rings (SSSR count). The fourth-order valence-electron chi connectivity index (χ4n) is 3.03. The standard InChI is InChI=1S/C14H22N6O/c1-10-6-13(20-14(17-10)15-9-16-20)19-5-4-18(7-11(19)2)8-12(3)21/h6,9,11-12,21H,4-5,7-8H2,1-3H3. The molecule has 2 atom stereocenters. The molecule has 0 amide bonds. The van der Waals surface area contributed by atoms with E-state index in [4.69, 9.17) is 0 Å². The minimum atomic E-state index is -0.283. The molecule has 1 aliphatic heterocycles. The maximum Gasteiger partial charge on any atom is 0.254 e. The van der Waals surface area contributed by atoms with E-state index in [0.717, 1.165) is 37.7 Å². The Hall–Kier alpha value is -1.73. The Labute approximate surface area is 124 Å². The number of fused-ring (bicyclic) bond motifs is 1. The maximum atomic E-state index is 9.54. The normalized spacial score (nSPS) is 21.9. The molecule has 114 valence electrons. The first-order valence-electron chi connectivity index (χ1n) is 7.39. The zero-order valence-corrected chi connectivity index (χ0v) is 12.8. The van der Waals surface area contributed by atoms with Gasteiger partial charge in [-0.05, 0) is 20.8 Å². The van der Waals surface area contributed by atoms with E-state index in [2.05, 4.69) is 37.9 Å². The van der Waals surface area contributed by atoms with Crippen LogP contribution < -0.4 is 4.90 Å². The summed E-state index contributed by atoms with van der Waals surface area (Å²) in [4.78, 5) is 13.2. The van der Waals surface area contributed by atoms with Crippen molar-refractivity contribution < 1.29 is 5.11 Å². The number of aromatic nitrogens is 4. The predicted molar refractivity (Wildman–Crippen MR) is 80.4 cm³/mol. The molecule has 21 heavy (non-hydrogen) atoms. The minimum Gasteiger partial charge on any atom is -0.392 e. The Morgan fingerprint density at radius 3 is 2.95 bits per heavy atom. The lowest BCUT2D eigenvalue weighted by atomic mass is 10.1. The molecule has 1 saturated heterocycles. The van der Waals surface area contributed by atoms with Gasteiger partial charge in [0.2, 0.25) is 0 Å². The molecular weight excluding hydrogens is 268 g/mol. The second-order valence-corrected chi connectivity index (χ2v) is 5.88. The molecule has 0 spiro atoms. The molecule has 1 fully saturated rings. The number of piperazine rings is 1. The van der Waals surface area contributed by atoms with Crippen LogP contribution in [0.1, 0.15) is 19.5 Å². The molecule has 0 radical (unpaired) electrons. The lowest BCUT2D eigenvalue weighted by Gasteiger charge is -2.41. The van der Waals surface area contributed by atoms with Crippen LogP contribution in [0.3, 0.4) is 0 Å². The van der Waals surface area contributed by atoms with E-state index in [0.29, 0.717) is 11.8 Å². The number of hydrogen-bond donors (Lipinski definition) is 1. The van der Waals surface area contributed by atoms with Crippen LogP contribution in [0.15, 0.2) is 12.4 Å². The van der Waals surface area contributed by atoms with Crippen molar-refractivity contribution in [2.45, 2.75) is 32.9 Å². The number of anilines is 1. The van der Waals surface area contributed by atoms with Gasteiger partial charge in [0.05, 0.1) is 6.10 Å². The van der Waals surface area contributed by atoms with Gasteiger partial charge in [0, 0.05) is 44.0 Å². The molecule has 2 aromatic rings. The summed E-state index contributed by atoms with van der Waals surface area (Å²) in [5, 5.41) is 13.8. The van der Waals surface area contributed by atoms with Gasteiger partial charge in [-0.3, -0.25) is 4.90 Å². The maximum absolute atomic E-state index is 9.54. The number of aryl methyl sites for hydroxylation is 1. The molecule has 7 nitrogen and oxygen atoms in total. The van der Waals surface area contributed by atoms with Gasteiger partial charge >= 0.3 is 0 Å². The lowest BCUT2D eigenvalue weighted by Crippen LogP contribution is -2.53. The summed E-state index contributed by atoms with van der Waals surface area (Å²) in [7, 11) is 0. The van der Waals surface area contributed by atoms with Crippen LogP contribution in [0.2, 0.25) is 0 Å². The summed E-state index contributed by atoms with van der Waals surface area (Å²) in [5.41, 5.74) is 0.948. The SMILES string of the molecule is Cc1cc(N2CCN(CC(C)O)CC2C)n2ncnc2n1. The summed E-state index contributed by atoms with van der Waals surface area (Å²) in [6.45, 7) is 9.52. The number of aliphatic hydroxyl groups excluding tert-OH is 1. The molecule has 7 heteroatoms. The number of hydrogen-bond acceptors (Lipinski definition) is 6. The summed E-state index contributed by atoms with van der Waals surface area (Å²) < 4.78 is 1.80. The van der Waals surface area contributed by atoms with E-state index < -0.39 is 0 Å². The zero-order chi connectivity index (χ0) is 15.0. The van der Waals surface area contributed by atoms with Crippen LogP contribution in [0.4, 0.5) is 5.82 Å². The monoisotopic (exact) mass is 290 g/mol. The second kappa shape index (κ2) is 5.57. The lowest BCUT2D eigenvalue weighted by molar-refractivity contribution is 0.114. The average molecular weight is 290 g/mol. The molecular formula is C14H22N6O. The molecule has 0 saturated carbocycles. The van der Waals surface area contributed by atoms with Gasteiger partial charge in [-0.15, -0.1) is 0 Å². The number of rotatable bonds is 3. The van der Waals surface area contributed by atoms with E-state index in [-0.39, 0.29) is 6.10 Å². The second-order valence-electron chi connectivity index (χ2n) is 5.88. The van der Waals surface area contributed by atoms with E-state index in [9.17, 15) is 5.11 Å². The Balaban J connectivity index is 1.85. The van der Waals surface area contributed by atoms with E-state index >= 15 is 0 Å². The largest absolute Gasteiger partial charge is 0.392 e. The van der Waals surface area contributed by atoms with E-state index in [1.165, 1.54) is 0 Å². The van der Waals surface area contributed by atoms with Crippen LogP contribution >= 0.6 is 0 Å². The molecule has 1 N–H and O–H groups in total. The fraction of sp³-hybridized carbons (Fsp3) is 0.643. The molecule has 0 aliphatic carbocycles. The molecule has 1 aliphatic rings. The van der Waals surface area contributed by atoms with Crippen LogP contribution in [-0.4, -0.2) is 67.9 Å². The van der Waals surface area contributed by atoms with Crippen molar-refractivity contribution in [1.29, 1.82) is 0 Å². The van der Waals surface area contributed by atoms with Crippen molar-refractivity contribution >= 4 is 11.6 Å². The highest BCUT2D eigenvalue weighted by atomic mass is 16.3. The Kier molecular flexibility index (Phi) is 3.77. The predicted octanol–water partition coefficient (Wildman–Crippen LogP) is 0.324. The average Bonchev–Trinajstić information content (AvgIpc) is 2.85. The summed E-state index contributed by atoms with van der Waals surface area (Å²) in [5.74, 6) is 1.68. The zero-order valence-electron chi connectivity index (χ0n) is 12.8. The first-order valence-corrected chi connectivity index (χ1v) is 7.39. The quantitative estimate of drug-likeness (QED) is 0.878. The van der Waals surface area contributed by atoms with Crippen LogP contribution in [0, 0.1) is 6.92 Å². The first-order chi connectivity index (χ1) is 10.0. The van der Waals surface area contributed by atoms with Crippen LogP contribution in [-0.2, 0) is 0 Å². The number of aliphatic hydroxyl groups is 1. The van der Waals surface area contributed by atoms with Crippen molar-refractivity contribution in [1.82, 2.24) is 24.5 Å². The smallest absolute Gasteiger partial charge is 0.254 e. The minimum absolute atomic E-state index is 0.283. The summed E-state index contributed by atoms with van der Waals surface area (Å²) in [6, 6.07) is 2.41. The molecule has 2 unspecified atom stereocenters. The van der Waals surface area contributed by atoms with E-state index in [1.54, 1.807) is 10.8 Å². The van der Waals surface area contributed by atoms with E-state index in [1.807, 2.05) is 13.8 Å². The Morgan fingerprint density at radius 1 is 1.43 bits per heavy atom. The third-order valence-electron chi connectivity index (χ3n) is 3.89. The van der Waals surface area contributed by atoms with Gasteiger partial charge in [0.25, 0.3) is 5.78 Å². The number of nitrogens with zero attached hydrogens (tertiary/aromatic N) is 6.